The maximum absolute atomic E-state index is 13.8. The smallest absolute Gasteiger partial charge is 0.244 e. The quantitative estimate of drug-likeness (QED) is 0.640. The highest BCUT2D eigenvalue weighted by Crippen LogP contribution is 2.35. The van der Waals surface area contributed by atoms with Crippen molar-refractivity contribution in [3.63, 3.8) is 0 Å². The second-order valence-corrected chi connectivity index (χ2v) is 10.3. The van der Waals surface area contributed by atoms with Crippen LogP contribution in [0.1, 0.15) is 65.9 Å². The standard InChI is InChI=1S/C23H26N2O4S/c1-15-12-18-20(24-19-9-4-10-21(26)23(18)19)13-22(15)30(27,28)25(16-6-2-3-7-16)14-17-8-5-11-29-17/h5,8,11-13,16,24H,2-4,6-7,9-10,14H2,1H3. The molecule has 1 N–H and O–H groups in total. The zero-order valence-corrected chi connectivity index (χ0v) is 17.9. The van der Waals surface area contributed by atoms with Crippen LogP contribution in [0.15, 0.2) is 39.8 Å². The molecule has 1 saturated carbocycles. The molecule has 0 atom stereocenters. The Kier molecular flexibility index (Phi) is 4.82. The molecule has 0 aliphatic heterocycles. The Bertz CT molecular complexity index is 1200. The number of furan rings is 1. The normalized spacial score (nSPS) is 17.9. The third kappa shape index (κ3) is 3.20. The molecule has 0 saturated heterocycles. The highest BCUT2D eigenvalue weighted by Gasteiger charge is 2.35. The van der Waals surface area contributed by atoms with Crippen LogP contribution in [0.5, 0.6) is 0 Å². The summed E-state index contributed by atoms with van der Waals surface area (Å²) in [7, 11) is -3.73. The second-order valence-electron chi connectivity index (χ2n) is 8.49. The number of nitrogens with zero attached hydrogens (tertiary/aromatic N) is 1. The molecule has 2 heterocycles. The summed E-state index contributed by atoms with van der Waals surface area (Å²) in [6.45, 7) is 2.05. The van der Waals surface area contributed by atoms with Gasteiger partial charge in [-0.05, 0) is 62.4 Å². The van der Waals surface area contributed by atoms with Crippen LogP contribution in [0.4, 0.5) is 0 Å². The largest absolute Gasteiger partial charge is 0.468 e. The van der Waals surface area contributed by atoms with E-state index in [-0.39, 0.29) is 18.4 Å². The van der Waals surface area contributed by atoms with E-state index in [1.807, 2.05) is 19.1 Å². The first-order valence-corrected chi connectivity index (χ1v) is 12.1. The van der Waals surface area contributed by atoms with Crippen molar-refractivity contribution in [2.45, 2.75) is 69.4 Å². The highest BCUT2D eigenvalue weighted by molar-refractivity contribution is 7.89. The Labute approximate surface area is 176 Å². The molecule has 7 heteroatoms. The number of hydrogen-bond acceptors (Lipinski definition) is 4. The lowest BCUT2D eigenvalue weighted by Gasteiger charge is -2.28. The summed E-state index contributed by atoms with van der Waals surface area (Å²) >= 11 is 0. The van der Waals surface area contributed by atoms with Gasteiger partial charge in [-0.15, -0.1) is 0 Å². The third-order valence-electron chi connectivity index (χ3n) is 6.49. The van der Waals surface area contributed by atoms with Crippen LogP contribution in [0.2, 0.25) is 0 Å². The molecule has 0 bridgehead atoms. The van der Waals surface area contributed by atoms with Crippen molar-refractivity contribution in [3.05, 3.63) is 53.1 Å². The number of Topliss-reactive ketones (excluding diaryl/α,β-unsaturated/α-hetero) is 1. The summed E-state index contributed by atoms with van der Waals surface area (Å²) in [6.07, 6.45) is 7.60. The summed E-state index contributed by atoms with van der Waals surface area (Å²) in [4.78, 5) is 16.1. The van der Waals surface area contributed by atoms with Gasteiger partial charge in [-0.25, -0.2) is 8.42 Å². The molecule has 5 rings (SSSR count). The first kappa shape index (κ1) is 19.6. The SMILES string of the molecule is Cc1cc2c3c([nH]c2cc1S(=O)(=O)N(Cc1ccco1)C1CCCC1)CCCC3=O. The van der Waals surface area contributed by atoms with Crippen LogP contribution in [-0.2, 0) is 23.0 Å². The van der Waals surface area contributed by atoms with Gasteiger partial charge in [0.1, 0.15) is 5.76 Å². The fourth-order valence-electron chi connectivity index (χ4n) is 5.01. The molecular formula is C23H26N2O4S. The second kappa shape index (κ2) is 7.39. The van der Waals surface area contributed by atoms with E-state index >= 15 is 0 Å². The number of benzene rings is 1. The molecule has 6 nitrogen and oxygen atoms in total. The Morgan fingerprint density at radius 2 is 1.97 bits per heavy atom. The van der Waals surface area contributed by atoms with Gasteiger partial charge in [0.25, 0.3) is 0 Å². The van der Waals surface area contributed by atoms with Crippen molar-refractivity contribution in [1.29, 1.82) is 0 Å². The van der Waals surface area contributed by atoms with Gasteiger partial charge >= 0.3 is 0 Å². The summed E-state index contributed by atoms with van der Waals surface area (Å²) in [5.41, 5.74) is 3.07. The number of carbonyl (C=O) groups excluding carboxylic acids is 1. The lowest BCUT2D eigenvalue weighted by atomic mass is 9.94. The Balaban J connectivity index is 1.61. The predicted molar refractivity (Wildman–Crippen MR) is 114 cm³/mol. The van der Waals surface area contributed by atoms with Crippen LogP contribution >= 0.6 is 0 Å². The number of carbonyl (C=O) groups is 1. The van der Waals surface area contributed by atoms with E-state index in [1.54, 1.807) is 22.7 Å². The average molecular weight is 427 g/mol. The molecule has 1 aromatic carbocycles. The minimum absolute atomic E-state index is 0.0198. The molecule has 2 aliphatic rings. The number of hydrogen-bond donors (Lipinski definition) is 1. The molecule has 2 aliphatic carbocycles. The number of aromatic amines is 1. The van der Waals surface area contributed by atoms with E-state index in [2.05, 4.69) is 4.98 Å². The van der Waals surface area contributed by atoms with E-state index in [0.717, 1.165) is 60.7 Å². The number of H-pyrrole nitrogens is 1. The van der Waals surface area contributed by atoms with Crippen molar-refractivity contribution in [2.24, 2.45) is 0 Å². The molecular weight excluding hydrogens is 400 g/mol. The Morgan fingerprint density at radius 3 is 2.70 bits per heavy atom. The summed E-state index contributed by atoms with van der Waals surface area (Å²) in [6, 6.07) is 7.16. The minimum Gasteiger partial charge on any atom is -0.468 e. The van der Waals surface area contributed by atoms with Crippen LogP contribution in [-0.4, -0.2) is 29.5 Å². The monoisotopic (exact) mass is 426 g/mol. The first-order chi connectivity index (χ1) is 14.4. The molecule has 1 fully saturated rings. The maximum atomic E-state index is 13.8. The zero-order valence-electron chi connectivity index (χ0n) is 17.1. The van der Waals surface area contributed by atoms with Crippen molar-refractivity contribution in [2.75, 3.05) is 0 Å². The molecule has 0 unspecified atom stereocenters. The fourth-order valence-corrected chi connectivity index (χ4v) is 6.89. The van der Waals surface area contributed by atoms with Gasteiger partial charge in [0.05, 0.1) is 17.7 Å². The molecule has 158 valence electrons. The number of aryl methyl sites for hydroxylation is 2. The Hall–Kier alpha value is -2.38. The number of aromatic nitrogens is 1. The molecule has 0 amide bonds. The molecule has 3 aromatic rings. The summed E-state index contributed by atoms with van der Waals surface area (Å²) < 4.78 is 34.7. The lowest BCUT2D eigenvalue weighted by molar-refractivity contribution is 0.0974. The van der Waals surface area contributed by atoms with Crippen molar-refractivity contribution in [1.82, 2.24) is 9.29 Å². The van der Waals surface area contributed by atoms with Gasteiger partial charge in [0, 0.05) is 34.6 Å². The van der Waals surface area contributed by atoms with E-state index in [0.29, 0.717) is 22.6 Å². The van der Waals surface area contributed by atoms with Gasteiger partial charge < -0.3 is 9.40 Å². The zero-order chi connectivity index (χ0) is 20.9. The first-order valence-electron chi connectivity index (χ1n) is 10.7. The van der Waals surface area contributed by atoms with Crippen LogP contribution in [0, 0.1) is 6.92 Å². The third-order valence-corrected chi connectivity index (χ3v) is 8.53. The molecule has 0 radical (unpaired) electrons. The van der Waals surface area contributed by atoms with E-state index in [1.165, 1.54) is 0 Å². The number of ketones is 1. The number of rotatable bonds is 5. The van der Waals surface area contributed by atoms with Crippen LogP contribution in [0.3, 0.4) is 0 Å². The van der Waals surface area contributed by atoms with Crippen molar-refractivity contribution < 1.29 is 17.6 Å². The maximum Gasteiger partial charge on any atom is 0.244 e. The fraction of sp³-hybridized carbons (Fsp3) is 0.435. The molecule has 2 aromatic heterocycles. The van der Waals surface area contributed by atoms with E-state index < -0.39 is 10.0 Å². The van der Waals surface area contributed by atoms with Crippen molar-refractivity contribution in [3.8, 4) is 0 Å². The van der Waals surface area contributed by atoms with Gasteiger partial charge in [0.2, 0.25) is 10.0 Å². The average Bonchev–Trinajstić information content (AvgIpc) is 3.46. The van der Waals surface area contributed by atoms with E-state index in [9.17, 15) is 13.2 Å². The predicted octanol–water partition coefficient (Wildman–Crippen LogP) is 4.72. The summed E-state index contributed by atoms with van der Waals surface area (Å²) in [5.74, 6) is 0.785. The highest BCUT2D eigenvalue weighted by atomic mass is 32.2. The van der Waals surface area contributed by atoms with Gasteiger partial charge in [-0.2, -0.15) is 4.31 Å². The number of nitrogens with one attached hydrogen (secondary N) is 1. The van der Waals surface area contributed by atoms with Crippen LogP contribution < -0.4 is 0 Å². The Morgan fingerprint density at radius 1 is 1.17 bits per heavy atom. The topological polar surface area (TPSA) is 83.4 Å². The van der Waals surface area contributed by atoms with Crippen molar-refractivity contribution >= 4 is 26.7 Å². The minimum atomic E-state index is -3.73. The summed E-state index contributed by atoms with van der Waals surface area (Å²) in [5, 5.41) is 0.838. The lowest BCUT2D eigenvalue weighted by Crippen LogP contribution is -2.38. The van der Waals surface area contributed by atoms with Gasteiger partial charge in [-0.1, -0.05) is 12.8 Å². The van der Waals surface area contributed by atoms with E-state index in [4.69, 9.17) is 4.42 Å². The van der Waals surface area contributed by atoms with Crippen LogP contribution in [0.25, 0.3) is 10.9 Å². The van der Waals surface area contributed by atoms with Gasteiger partial charge in [0.15, 0.2) is 5.78 Å². The number of fused-ring (bicyclic) bond motifs is 3. The molecule has 30 heavy (non-hydrogen) atoms. The molecule has 0 spiro atoms. The van der Waals surface area contributed by atoms with Gasteiger partial charge in [-0.3, -0.25) is 4.79 Å². The number of sulfonamides is 1.